The molecule has 0 aliphatic rings. The molecule has 0 bridgehead atoms. The Kier molecular flexibility index (Phi) is 7.83. The van der Waals surface area contributed by atoms with Gasteiger partial charge in [-0.2, -0.15) is 4.72 Å². The van der Waals surface area contributed by atoms with Gasteiger partial charge in [0, 0.05) is 30.4 Å². The molecule has 2 rings (SSSR count). The van der Waals surface area contributed by atoms with Crippen LogP contribution in [0.1, 0.15) is 13.8 Å². The van der Waals surface area contributed by atoms with Gasteiger partial charge in [0.1, 0.15) is 0 Å². The highest BCUT2D eigenvalue weighted by molar-refractivity contribution is 7.89. The molecule has 168 valence electrons. The van der Waals surface area contributed by atoms with E-state index in [1.54, 1.807) is 0 Å². The molecule has 0 unspecified atom stereocenters. The van der Waals surface area contributed by atoms with E-state index in [0.717, 1.165) is 0 Å². The number of nitrogens with one attached hydrogen (secondary N) is 3. The van der Waals surface area contributed by atoms with Gasteiger partial charge in [0.25, 0.3) is 0 Å². The lowest BCUT2D eigenvalue weighted by Crippen LogP contribution is -2.41. The highest BCUT2D eigenvalue weighted by Gasteiger charge is 2.23. The number of carbonyl (C=O) groups excluding carboxylic acids is 2. The highest BCUT2D eigenvalue weighted by atomic mass is 32.2. The molecule has 0 radical (unpaired) electrons. The van der Waals surface area contributed by atoms with Crippen molar-refractivity contribution in [3.8, 4) is 17.2 Å². The first kappa shape index (κ1) is 24.0. The van der Waals surface area contributed by atoms with Gasteiger partial charge >= 0.3 is 0 Å². The molecule has 0 aliphatic heterocycles. The first-order valence-corrected chi connectivity index (χ1v) is 10.6. The molecule has 2 amide bonds. The number of sulfonamides is 1. The summed E-state index contributed by atoms with van der Waals surface area (Å²) in [5.41, 5.74) is 0.796. The van der Waals surface area contributed by atoms with Crippen molar-refractivity contribution in [2.24, 2.45) is 0 Å². The maximum atomic E-state index is 12.6. The van der Waals surface area contributed by atoms with E-state index in [0.29, 0.717) is 28.6 Å². The molecule has 1 atom stereocenters. The first-order chi connectivity index (χ1) is 14.6. The zero-order chi connectivity index (χ0) is 23.2. The van der Waals surface area contributed by atoms with Crippen molar-refractivity contribution >= 4 is 33.2 Å². The smallest absolute Gasteiger partial charge is 0.242 e. The van der Waals surface area contributed by atoms with Crippen molar-refractivity contribution in [3.05, 3.63) is 36.4 Å². The molecule has 0 saturated heterocycles. The Hall–Kier alpha value is -3.31. The molecular weight excluding hydrogens is 426 g/mol. The fourth-order valence-electron chi connectivity index (χ4n) is 2.68. The third kappa shape index (κ3) is 6.09. The Morgan fingerprint density at radius 1 is 0.871 bits per heavy atom. The molecular formula is C20H25N3O7S. The molecule has 0 spiro atoms. The molecule has 3 N–H and O–H groups in total. The summed E-state index contributed by atoms with van der Waals surface area (Å²) in [5, 5.41) is 5.17. The van der Waals surface area contributed by atoms with Crippen LogP contribution in [0.15, 0.2) is 41.3 Å². The van der Waals surface area contributed by atoms with Crippen LogP contribution < -0.4 is 29.6 Å². The van der Waals surface area contributed by atoms with E-state index in [1.807, 2.05) is 0 Å². The molecule has 0 fully saturated rings. The number of carbonyl (C=O) groups is 2. The quantitative estimate of drug-likeness (QED) is 0.531. The zero-order valence-electron chi connectivity index (χ0n) is 17.8. The van der Waals surface area contributed by atoms with Crippen LogP contribution in [0.4, 0.5) is 11.4 Å². The van der Waals surface area contributed by atoms with Crippen molar-refractivity contribution in [2.45, 2.75) is 24.8 Å². The monoisotopic (exact) mass is 451 g/mol. The maximum absolute atomic E-state index is 12.6. The average molecular weight is 452 g/mol. The van der Waals surface area contributed by atoms with Crippen molar-refractivity contribution in [3.63, 3.8) is 0 Å². The Morgan fingerprint density at radius 3 is 1.87 bits per heavy atom. The Morgan fingerprint density at radius 2 is 1.42 bits per heavy atom. The highest BCUT2D eigenvalue weighted by Crippen LogP contribution is 2.39. The van der Waals surface area contributed by atoms with Gasteiger partial charge < -0.3 is 24.8 Å². The second kappa shape index (κ2) is 10.1. The van der Waals surface area contributed by atoms with Crippen LogP contribution in [0.3, 0.4) is 0 Å². The van der Waals surface area contributed by atoms with Gasteiger partial charge in [0.15, 0.2) is 11.5 Å². The van der Waals surface area contributed by atoms with Gasteiger partial charge in [-0.15, -0.1) is 0 Å². The standard InChI is InChI=1S/C20H25N3O7S/c1-12(23-31(26,27)16-8-6-14(7-9-16)21-13(2)24)20(25)22-15-10-17(28-3)19(30-5)18(11-15)29-4/h6-12,23H,1-5H3,(H,21,24)(H,22,25)/t12-/m0/s1. The summed E-state index contributed by atoms with van der Waals surface area (Å²) in [6.45, 7) is 2.76. The molecule has 0 aliphatic carbocycles. The van der Waals surface area contributed by atoms with Crippen molar-refractivity contribution < 1.29 is 32.2 Å². The summed E-state index contributed by atoms with van der Waals surface area (Å²) >= 11 is 0. The van der Waals surface area contributed by atoms with Crippen LogP contribution in [0, 0.1) is 0 Å². The maximum Gasteiger partial charge on any atom is 0.242 e. The van der Waals surface area contributed by atoms with E-state index < -0.39 is 22.0 Å². The van der Waals surface area contributed by atoms with E-state index in [1.165, 1.54) is 71.6 Å². The summed E-state index contributed by atoms with van der Waals surface area (Å²) in [7, 11) is 0.368. The molecule has 0 heterocycles. The lowest BCUT2D eigenvalue weighted by Gasteiger charge is -2.17. The van der Waals surface area contributed by atoms with Gasteiger partial charge in [-0.1, -0.05) is 0 Å². The minimum Gasteiger partial charge on any atom is -0.493 e. The lowest BCUT2D eigenvalue weighted by atomic mass is 10.2. The molecule has 0 aromatic heterocycles. The largest absolute Gasteiger partial charge is 0.493 e. The Balaban J connectivity index is 2.14. The fraction of sp³-hybridized carbons (Fsp3) is 0.300. The van der Waals surface area contributed by atoms with E-state index >= 15 is 0 Å². The van der Waals surface area contributed by atoms with E-state index in [9.17, 15) is 18.0 Å². The fourth-order valence-corrected chi connectivity index (χ4v) is 3.88. The summed E-state index contributed by atoms with van der Waals surface area (Å²) in [5.74, 6) is 0.173. The third-order valence-electron chi connectivity index (χ3n) is 4.14. The summed E-state index contributed by atoms with van der Waals surface area (Å²) < 4.78 is 43.2. The summed E-state index contributed by atoms with van der Waals surface area (Å²) in [4.78, 5) is 23.6. The van der Waals surface area contributed by atoms with Crippen LogP contribution >= 0.6 is 0 Å². The number of rotatable bonds is 9. The molecule has 31 heavy (non-hydrogen) atoms. The van der Waals surface area contributed by atoms with Gasteiger partial charge in [0.2, 0.25) is 27.6 Å². The van der Waals surface area contributed by atoms with Crippen LogP contribution in [0.2, 0.25) is 0 Å². The second-order valence-corrected chi connectivity index (χ2v) is 8.17. The number of hydrogen-bond acceptors (Lipinski definition) is 7. The van der Waals surface area contributed by atoms with Gasteiger partial charge in [-0.05, 0) is 31.2 Å². The average Bonchev–Trinajstić information content (AvgIpc) is 2.72. The number of methoxy groups -OCH3 is 3. The molecule has 11 heteroatoms. The topological polar surface area (TPSA) is 132 Å². The molecule has 0 saturated carbocycles. The minimum absolute atomic E-state index is 0.0472. The number of ether oxygens (including phenoxy) is 3. The predicted octanol–water partition coefficient (Wildman–Crippen LogP) is 1.98. The van der Waals surface area contributed by atoms with Gasteiger partial charge in [-0.25, -0.2) is 8.42 Å². The van der Waals surface area contributed by atoms with E-state index in [4.69, 9.17) is 14.2 Å². The van der Waals surface area contributed by atoms with Crippen LogP contribution in [-0.4, -0.2) is 47.6 Å². The number of benzene rings is 2. The van der Waals surface area contributed by atoms with E-state index in [-0.39, 0.29) is 10.8 Å². The zero-order valence-corrected chi connectivity index (χ0v) is 18.6. The lowest BCUT2D eigenvalue weighted by molar-refractivity contribution is -0.117. The number of anilines is 2. The van der Waals surface area contributed by atoms with Crippen LogP contribution in [0.25, 0.3) is 0 Å². The molecule has 2 aromatic rings. The van der Waals surface area contributed by atoms with Crippen LogP contribution in [-0.2, 0) is 19.6 Å². The predicted molar refractivity (Wildman–Crippen MR) is 115 cm³/mol. The molecule has 10 nitrogen and oxygen atoms in total. The molecule has 2 aromatic carbocycles. The van der Waals surface area contributed by atoms with E-state index in [2.05, 4.69) is 15.4 Å². The van der Waals surface area contributed by atoms with Crippen molar-refractivity contribution in [2.75, 3.05) is 32.0 Å². The number of amides is 2. The summed E-state index contributed by atoms with van der Waals surface area (Å²) in [6, 6.07) is 7.55. The van der Waals surface area contributed by atoms with Crippen LogP contribution in [0.5, 0.6) is 17.2 Å². The summed E-state index contributed by atoms with van der Waals surface area (Å²) in [6.07, 6.45) is 0. The second-order valence-electron chi connectivity index (χ2n) is 6.45. The Labute approximate surface area is 180 Å². The van der Waals surface area contributed by atoms with Gasteiger partial charge in [-0.3, -0.25) is 9.59 Å². The number of hydrogen-bond donors (Lipinski definition) is 3. The van der Waals surface area contributed by atoms with Crippen molar-refractivity contribution in [1.29, 1.82) is 0 Å². The minimum atomic E-state index is -3.97. The van der Waals surface area contributed by atoms with Gasteiger partial charge in [0.05, 0.1) is 32.3 Å². The Bertz CT molecular complexity index is 1030. The normalized spacial score (nSPS) is 11.9. The SMILES string of the molecule is COc1cc(NC(=O)[C@H](C)NS(=O)(=O)c2ccc(NC(C)=O)cc2)cc(OC)c1OC. The first-order valence-electron chi connectivity index (χ1n) is 9.12. The third-order valence-corrected chi connectivity index (χ3v) is 5.70. The van der Waals surface area contributed by atoms with Crippen molar-refractivity contribution in [1.82, 2.24) is 4.72 Å².